The predicted molar refractivity (Wildman–Crippen MR) is 103 cm³/mol. The van der Waals surface area contributed by atoms with E-state index in [2.05, 4.69) is 30.8 Å². The number of hydrogen-bond acceptors (Lipinski definition) is 6. The highest BCUT2D eigenvalue weighted by Gasteiger charge is 2.11. The van der Waals surface area contributed by atoms with Crippen LogP contribution < -0.4 is 16.0 Å². The molecule has 0 radical (unpaired) electrons. The summed E-state index contributed by atoms with van der Waals surface area (Å²) in [5.74, 6) is 0.605. The van der Waals surface area contributed by atoms with Crippen LogP contribution in [0.5, 0.6) is 0 Å². The zero-order chi connectivity index (χ0) is 19.1. The Hall–Kier alpha value is -3.00. The molecular weight excluding hydrogens is 332 g/mol. The second kappa shape index (κ2) is 8.91. The number of benzene rings is 1. The highest BCUT2D eigenvalue weighted by atomic mass is 16.2. The molecule has 0 aliphatic rings. The van der Waals surface area contributed by atoms with Gasteiger partial charge in [-0.2, -0.15) is 0 Å². The molecule has 2 amide bonds. The first kappa shape index (κ1) is 19.3. The first-order valence-corrected chi connectivity index (χ1v) is 8.27. The minimum absolute atomic E-state index is 0.173. The van der Waals surface area contributed by atoms with Gasteiger partial charge in [-0.25, -0.2) is 9.97 Å². The van der Waals surface area contributed by atoms with E-state index in [1.807, 2.05) is 14.1 Å². The van der Waals surface area contributed by atoms with Crippen molar-refractivity contribution in [1.82, 2.24) is 14.9 Å². The predicted octanol–water partition coefficient (Wildman–Crippen LogP) is 1.97. The van der Waals surface area contributed by atoms with E-state index in [0.717, 1.165) is 6.54 Å². The van der Waals surface area contributed by atoms with E-state index in [9.17, 15) is 9.59 Å². The molecule has 2 rings (SSSR count). The molecule has 0 aliphatic carbocycles. The van der Waals surface area contributed by atoms with Crippen LogP contribution in [0.3, 0.4) is 0 Å². The summed E-state index contributed by atoms with van der Waals surface area (Å²) < 4.78 is 0. The molecule has 0 atom stereocenters. The van der Waals surface area contributed by atoms with Crippen LogP contribution in [0.2, 0.25) is 0 Å². The van der Waals surface area contributed by atoms with Crippen LogP contribution in [0, 0.1) is 6.92 Å². The molecule has 2 aromatic rings. The Morgan fingerprint density at radius 3 is 2.42 bits per heavy atom. The normalized spacial score (nSPS) is 10.5. The molecule has 8 nitrogen and oxygen atoms in total. The second-order valence-corrected chi connectivity index (χ2v) is 6.13. The van der Waals surface area contributed by atoms with Crippen molar-refractivity contribution in [3.05, 3.63) is 41.9 Å². The summed E-state index contributed by atoms with van der Waals surface area (Å²) in [5.41, 5.74) is 1.45. The fourth-order valence-corrected chi connectivity index (χ4v) is 2.26. The topological polar surface area (TPSA) is 99.2 Å². The number of rotatable bonds is 7. The maximum absolute atomic E-state index is 12.5. The standard InChI is InChI=1S/C18H24N6O2/c1-12-20-16(11-17(21-12)19-8-9-24(3)4)18(26)23-15-7-5-6-14(10-15)22-13(2)25/h5-7,10-11H,8-9H2,1-4H3,(H,22,25)(H,23,26)(H,19,20,21). The third-order valence-electron chi connectivity index (χ3n) is 3.38. The van der Waals surface area contributed by atoms with Gasteiger partial charge in [-0.3, -0.25) is 9.59 Å². The van der Waals surface area contributed by atoms with Gasteiger partial charge in [-0.15, -0.1) is 0 Å². The van der Waals surface area contributed by atoms with E-state index in [0.29, 0.717) is 29.6 Å². The zero-order valence-electron chi connectivity index (χ0n) is 15.5. The Labute approximate surface area is 153 Å². The van der Waals surface area contributed by atoms with Gasteiger partial charge in [0.2, 0.25) is 5.91 Å². The second-order valence-electron chi connectivity index (χ2n) is 6.13. The Morgan fingerprint density at radius 1 is 1.08 bits per heavy atom. The summed E-state index contributed by atoms with van der Waals surface area (Å²) in [6, 6.07) is 8.55. The van der Waals surface area contributed by atoms with Crippen LogP contribution in [-0.2, 0) is 4.79 Å². The van der Waals surface area contributed by atoms with E-state index in [-0.39, 0.29) is 17.5 Å². The van der Waals surface area contributed by atoms with Crippen molar-refractivity contribution in [3.8, 4) is 0 Å². The number of hydrogen-bond donors (Lipinski definition) is 3. The molecule has 0 unspecified atom stereocenters. The lowest BCUT2D eigenvalue weighted by Gasteiger charge is -2.12. The number of anilines is 3. The Kier molecular flexibility index (Phi) is 6.62. The number of carbonyl (C=O) groups is 2. The van der Waals surface area contributed by atoms with Crippen molar-refractivity contribution in [3.63, 3.8) is 0 Å². The number of nitrogens with zero attached hydrogens (tertiary/aromatic N) is 3. The van der Waals surface area contributed by atoms with Gasteiger partial charge >= 0.3 is 0 Å². The van der Waals surface area contributed by atoms with Gasteiger partial charge in [-0.05, 0) is 39.2 Å². The van der Waals surface area contributed by atoms with Crippen molar-refractivity contribution in [2.45, 2.75) is 13.8 Å². The average Bonchev–Trinajstić information content (AvgIpc) is 2.53. The molecule has 138 valence electrons. The molecule has 1 aromatic heterocycles. The largest absolute Gasteiger partial charge is 0.369 e. The number of amides is 2. The minimum Gasteiger partial charge on any atom is -0.369 e. The van der Waals surface area contributed by atoms with Crippen molar-refractivity contribution in [2.75, 3.05) is 43.1 Å². The van der Waals surface area contributed by atoms with Crippen molar-refractivity contribution in [2.24, 2.45) is 0 Å². The molecular formula is C18H24N6O2. The molecule has 3 N–H and O–H groups in total. The van der Waals surface area contributed by atoms with Gasteiger partial charge in [0.05, 0.1) is 0 Å². The average molecular weight is 356 g/mol. The smallest absolute Gasteiger partial charge is 0.274 e. The fraction of sp³-hybridized carbons (Fsp3) is 0.333. The zero-order valence-corrected chi connectivity index (χ0v) is 15.5. The van der Waals surface area contributed by atoms with Crippen LogP contribution in [0.1, 0.15) is 23.2 Å². The third-order valence-corrected chi connectivity index (χ3v) is 3.38. The summed E-state index contributed by atoms with van der Waals surface area (Å²) in [6.45, 7) is 4.73. The lowest BCUT2D eigenvalue weighted by molar-refractivity contribution is -0.114. The highest BCUT2D eigenvalue weighted by molar-refractivity contribution is 6.03. The summed E-state index contributed by atoms with van der Waals surface area (Å²) >= 11 is 0. The molecule has 0 aliphatic heterocycles. The van der Waals surface area contributed by atoms with Crippen LogP contribution >= 0.6 is 0 Å². The quantitative estimate of drug-likeness (QED) is 0.701. The number of aryl methyl sites for hydroxylation is 1. The van der Waals surface area contributed by atoms with Crippen LogP contribution in [0.4, 0.5) is 17.2 Å². The maximum Gasteiger partial charge on any atom is 0.274 e. The minimum atomic E-state index is -0.342. The van der Waals surface area contributed by atoms with Crippen molar-refractivity contribution < 1.29 is 9.59 Å². The van der Waals surface area contributed by atoms with Gasteiger partial charge in [0.15, 0.2) is 0 Å². The Bertz CT molecular complexity index is 791. The fourth-order valence-electron chi connectivity index (χ4n) is 2.26. The van der Waals surface area contributed by atoms with E-state index in [1.165, 1.54) is 6.92 Å². The molecule has 0 spiro atoms. The van der Waals surface area contributed by atoms with Crippen LogP contribution in [0.15, 0.2) is 30.3 Å². The molecule has 8 heteroatoms. The third kappa shape index (κ3) is 6.14. The summed E-state index contributed by atoms with van der Waals surface area (Å²) in [7, 11) is 3.97. The molecule has 0 saturated heterocycles. The first-order chi connectivity index (χ1) is 12.3. The highest BCUT2D eigenvalue weighted by Crippen LogP contribution is 2.16. The first-order valence-electron chi connectivity index (χ1n) is 8.27. The SMILES string of the molecule is CC(=O)Nc1cccc(NC(=O)c2cc(NCCN(C)C)nc(C)n2)c1. The molecule has 0 saturated carbocycles. The van der Waals surface area contributed by atoms with Crippen molar-refractivity contribution in [1.29, 1.82) is 0 Å². The van der Waals surface area contributed by atoms with Gasteiger partial charge < -0.3 is 20.9 Å². The Balaban J connectivity index is 2.09. The van der Waals surface area contributed by atoms with Crippen molar-refractivity contribution >= 4 is 29.0 Å². The van der Waals surface area contributed by atoms with E-state index in [4.69, 9.17) is 0 Å². The van der Waals surface area contributed by atoms with E-state index < -0.39 is 0 Å². The molecule has 0 bridgehead atoms. The van der Waals surface area contributed by atoms with Crippen LogP contribution in [-0.4, -0.2) is 53.9 Å². The Morgan fingerprint density at radius 2 is 1.77 bits per heavy atom. The maximum atomic E-state index is 12.5. The number of likely N-dealkylation sites (N-methyl/N-ethyl adjacent to an activating group) is 1. The summed E-state index contributed by atoms with van der Waals surface area (Å²) in [4.78, 5) is 34.2. The van der Waals surface area contributed by atoms with Gasteiger partial charge in [-0.1, -0.05) is 6.07 Å². The van der Waals surface area contributed by atoms with Crippen LogP contribution in [0.25, 0.3) is 0 Å². The van der Waals surface area contributed by atoms with E-state index >= 15 is 0 Å². The van der Waals surface area contributed by atoms with Gasteiger partial charge in [0.1, 0.15) is 17.3 Å². The molecule has 26 heavy (non-hydrogen) atoms. The number of carbonyl (C=O) groups excluding carboxylic acids is 2. The molecule has 0 fully saturated rings. The summed E-state index contributed by atoms with van der Waals surface area (Å²) in [5, 5.41) is 8.65. The van der Waals surface area contributed by atoms with Gasteiger partial charge in [0, 0.05) is 37.5 Å². The number of aromatic nitrogens is 2. The number of nitrogens with one attached hydrogen (secondary N) is 3. The van der Waals surface area contributed by atoms with Gasteiger partial charge in [0.25, 0.3) is 5.91 Å². The lowest BCUT2D eigenvalue weighted by Crippen LogP contribution is -2.22. The van der Waals surface area contributed by atoms with E-state index in [1.54, 1.807) is 37.3 Å². The summed E-state index contributed by atoms with van der Waals surface area (Å²) in [6.07, 6.45) is 0. The molecule has 1 heterocycles. The molecule has 1 aromatic carbocycles. The monoisotopic (exact) mass is 356 g/mol. The lowest BCUT2D eigenvalue weighted by atomic mass is 10.2.